The van der Waals surface area contributed by atoms with Crippen LogP contribution in [0.4, 0.5) is 5.13 Å². The van der Waals surface area contributed by atoms with Gasteiger partial charge in [-0.1, -0.05) is 45.8 Å². The number of nitrogens with zero attached hydrogens (tertiary/aromatic N) is 1. The summed E-state index contributed by atoms with van der Waals surface area (Å²) in [5, 5.41) is 5.30. The average Bonchev–Trinajstić information content (AvgIpc) is 3.06. The standard InChI is InChI=1S/C19H17BrN2OS2/c1-12-3-9-16(10-4-12)25-13(2)18(23)22-19-21-17(11-24-19)14-5-7-15(20)8-6-14/h3-11,13H,1-2H3,(H,21,22,23). The van der Waals surface area contributed by atoms with E-state index in [1.165, 1.54) is 16.9 Å². The molecule has 0 radical (unpaired) electrons. The van der Waals surface area contributed by atoms with Gasteiger partial charge in [0.25, 0.3) is 0 Å². The number of nitrogens with one attached hydrogen (secondary N) is 1. The highest BCUT2D eigenvalue weighted by Gasteiger charge is 2.16. The number of benzene rings is 2. The van der Waals surface area contributed by atoms with Crippen molar-refractivity contribution in [1.29, 1.82) is 0 Å². The van der Waals surface area contributed by atoms with Crippen LogP contribution in [0.25, 0.3) is 11.3 Å². The number of rotatable bonds is 5. The van der Waals surface area contributed by atoms with Crippen molar-refractivity contribution in [1.82, 2.24) is 4.98 Å². The van der Waals surface area contributed by atoms with Gasteiger partial charge in [-0.25, -0.2) is 4.98 Å². The Kier molecular flexibility index (Phi) is 5.93. The summed E-state index contributed by atoms with van der Waals surface area (Å²) in [5.74, 6) is -0.0396. The minimum absolute atomic E-state index is 0.0396. The normalized spacial score (nSPS) is 12.0. The number of aryl methyl sites for hydroxylation is 1. The van der Waals surface area contributed by atoms with Crippen LogP contribution in [0.3, 0.4) is 0 Å². The van der Waals surface area contributed by atoms with Gasteiger partial charge < -0.3 is 5.32 Å². The lowest BCUT2D eigenvalue weighted by Crippen LogP contribution is -2.22. The van der Waals surface area contributed by atoms with Gasteiger partial charge in [-0.3, -0.25) is 4.79 Å². The molecule has 0 aliphatic heterocycles. The summed E-state index contributed by atoms with van der Waals surface area (Å²) >= 11 is 6.41. The Morgan fingerprint density at radius 2 is 1.84 bits per heavy atom. The number of carbonyl (C=O) groups is 1. The van der Waals surface area contributed by atoms with Gasteiger partial charge in [-0.05, 0) is 38.1 Å². The van der Waals surface area contributed by atoms with Gasteiger partial charge in [0.2, 0.25) is 5.91 Å². The number of thiazole rings is 1. The van der Waals surface area contributed by atoms with Crippen LogP contribution < -0.4 is 5.32 Å². The van der Waals surface area contributed by atoms with Crippen molar-refractivity contribution >= 4 is 50.1 Å². The van der Waals surface area contributed by atoms with E-state index in [4.69, 9.17) is 0 Å². The van der Waals surface area contributed by atoms with Crippen molar-refractivity contribution in [3.63, 3.8) is 0 Å². The third-order valence-electron chi connectivity index (χ3n) is 3.58. The number of carbonyl (C=O) groups excluding carboxylic acids is 1. The molecule has 3 nitrogen and oxygen atoms in total. The van der Waals surface area contributed by atoms with E-state index in [9.17, 15) is 4.79 Å². The van der Waals surface area contributed by atoms with Gasteiger partial charge in [0.05, 0.1) is 10.9 Å². The molecule has 0 fully saturated rings. The fraction of sp³-hybridized carbons (Fsp3) is 0.158. The fourth-order valence-electron chi connectivity index (χ4n) is 2.17. The molecule has 2 aromatic carbocycles. The van der Waals surface area contributed by atoms with Gasteiger partial charge in [0.15, 0.2) is 5.13 Å². The molecule has 6 heteroatoms. The summed E-state index contributed by atoms with van der Waals surface area (Å²) in [5.41, 5.74) is 3.11. The monoisotopic (exact) mass is 432 g/mol. The van der Waals surface area contributed by atoms with E-state index in [2.05, 4.69) is 45.3 Å². The van der Waals surface area contributed by atoms with Crippen LogP contribution in [0.15, 0.2) is 63.3 Å². The Bertz CT molecular complexity index is 860. The maximum atomic E-state index is 12.4. The molecule has 1 aromatic heterocycles. The summed E-state index contributed by atoms with van der Waals surface area (Å²) in [7, 11) is 0. The molecule has 3 rings (SSSR count). The topological polar surface area (TPSA) is 42.0 Å². The van der Waals surface area contributed by atoms with Crippen LogP contribution in [0.5, 0.6) is 0 Å². The Labute approximate surface area is 164 Å². The zero-order valence-electron chi connectivity index (χ0n) is 13.8. The Morgan fingerprint density at radius 1 is 1.16 bits per heavy atom. The molecule has 0 spiro atoms. The molecule has 128 valence electrons. The number of amides is 1. The number of anilines is 1. The first-order valence-electron chi connectivity index (χ1n) is 7.77. The molecule has 1 atom stereocenters. The number of aromatic nitrogens is 1. The number of hydrogen-bond donors (Lipinski definition) is 1. The molecule has 1 amide bonds. The summed E-state index contributed by atoms with van der Waals surface area (Å²) in [6.07, 6.45) is 0. The highest BCUT2D eigenvalue weighted by molar-refractivity contribution is 9.10. The second-order valence-corrected chi connectivity index (χ2v) is 8.80. The lowest BCUT2D eigenvalue weighted by Gasteiger charge is -2.10. The van der Waals surface area contributed by atoms with Gasteiger partial charge in [0, 0.05) is 20.3 Å². The highest BCUT2D eigenvalue weighted by atomic mass is 79.9. The molecule has 0 aliphatic rings. The van der Waals surface area contributed by atoms with Crippen molar-refractivity contribution in [3.05, 3.63) is 63.9 Å². The number of halogens is 1. The third-order valence-corrected chi connectivity index (χ3v) is 5.98. The van der Waals surface area contributed by atoms with E-state index < -0.39 is 0 Å². The van der Waals surface area contributed by atoms with Crippen LogP contribution in [0.2, 0.25) is 0 Å². The SMILES string of the molecule is Cc1ccc(SC(C)C(=O)Nc2nc(-c3ccc(Br)cc3)cs2)cc1. The molecule has 25 heavy (non-hydrogen) atoms. The van der Waals surface area contributed by atoms with Crippen molar-refractivity contribution in [2.45, 2.75) is 24.0 Å². The van der Waals surface area contributed by atoms with Gasteiger partial charge in [0.1, 0.15) is 0 Å². The van der Waals surface area contributed by atoms with Crippen molar-refractivity contribution in [2.24, 2.45) is 0 Å². The lowest BCUT2D eigenvalue weighted by atomic mass is 10.2. The maximum absolute atomic E-state index is 12.4. The summed E-state index contributed by atoms with van der Waals surface area (Å²) in [4.78, 5) is 18.0. The molecular weight excluding hydrogens is 416 g/mol. The van der Waals surface area contributed by atoms with Gasteiger partial charge in [-0.2, -0.15) is 0 Å². The van der Waals surface area contributed by atoms with E-state index in [0.717, 1.165) is 20.6 Å². The second-order valence-electron chi connectivity index (χ2n) is 5.61. The van der Waals surface area contributed by atoms with E-state index in [1.807, 2.05) is 48.7 Å². The van der Waals surface area contributed by atoms with Crippen molar-refractivity contribution < 1.29 is 4.79 Å². The first-order chi connectivity index (χ1) is 12.0. The Morgan fingerprint density at radius 3 is 2.52 bits per heavy atom. The molecule has 0 saturated heterocycles. The average molecular weight is 433 g/mol. The predicted molar refractivity (Wildman–Crippen MR) is 110 cm³/mol. The molecule has 3 aromatic rings. The van der Waals surface area contributed by atoms with Crippen LogP contribution in [-0.2, 0) is 4.79 Å². The maximum Gasteiger partial charge on any atom is 0.239 e. The largest absolute Gasteiger partial charge is 0.301 e. The van der Waals surface area contributed by atoms with Crippen LogP contribution in [-0.4, -0.2) is 16.1 Å². The third kappa shape index (κ3) is 4.93. The highest BCUT2D eigenvalue weighted by Crippen LogP contribution is 2.28. The zero-order valence-corrected chi connectivity index (χ0v) is 17.0. The fourth-order valence-corrected chi connectivity index (χ4v) is 4.02. The number of hydrogen-bond acceptors (Lipinski definition) is 4. The molecule has 0 aliphatic carbocycles. The van der Waals surface area contributed by atoms with E-state index in [1.54, 1.807) is 11.8 Å². The summed E-state index contributed by atoms with van der Waals surface area (Å²) in [6.45, 7) is 3.96. The minimum Gasteiger partial charge on any atom is -0.301 e. The second kappa shape index (κ2) is 8.17. The van der Waals surface area contributed by atoms with Crippen molar-refractivity contribution in [2.75, 3.05) is 5.32 Å². The van der Waals surface area contributed by atoms with E-state index in [-0.39, 0.29) is 11.2 Å². The van der Waals surface area contributed by atoms with Crippen LogP contribution in [0.1, 0.15) is 12.5 Å². The number of thioether (sulfide) groups is 1. The molecule has 0 bridgehead atoms. The van der Waals surface area contributed by atoms with E-state index in [0.29, 0.717) is 5.13 Å². The summed E-state index contributed by atoms with van der Waals surface area (Å²) in [6, 6.07) is 16.1. The first-order valence-corrected chi connectivity index (χ1v) is 10.3. The van der Waals surface area contributed by atoms with Gasteiger partial charge >= 0.3 is 0 Å². The Balaban J connectivity index is 1.62. The van der Waals surface area contributed by atoms with Gasteiger partial charge in [-0.15, -0.1) is 23.1 Å². The van der Waals surface area contributed by atoms with Crippen molar-refractivity contribution in [3.8, 4) is 11.3 Å². The molecular formula is C19H17BrN2OS2. The Hall–Kier alpha value is -1.63. The quantitative estimate of drug-likeness (QED) is 0.502. The lowest BCUT2D eigenvalue weighted by molar-refractivity contribution is -0.115. The van der Waals surface area contributed by atoms with E-state index >= 15 is 0 Å². The first kappa shape index (κ1) is 18.2. The smallest absolute Gasteiger partial charge is 0.239 e. The zero-order chi connectivity index (χ0) is 17.8. The minimum atomic E-state index is -0.192. The van der Waals surface area contributed by atoms with Crippen LogP contribution >= 0.6 is 39.0 Å². The summed E-state index contributed by atoms with van der Waals surface area (Å²) < 4.78 is 1.03. The van der Waals surface area contributed by atoms with Crippen LogP contribution in [0, 0.1) is 6.92 Å². The predicted octanol–water partition coefficient (Wildman–Crippen LogP) is 6.00. The molecule has 1 unspecified atom stereocenters. The molecule has 1 heterocycles. The molecule has 1 N–H and O–H groups in total. The molecule has 0 saturated carbocycles.